The highest BCUT2D eigenvalue weighted by molar-refractivity contribution is 6.04. The largest absolute Gasteiger partial charge is 0.476 e. The summed E-state index contributed by atoms with van der Waals surface area (Å²) >= 11 is 0. The first-order valence-electron chi connectivity index (χ1n) is 10.7. The molecule has 3 aromatic rings. The SMILES string of the molecule is Cn1nccc1-c1cc(NC(=O)c2ccc(C(F)(F)F)cc2)cnc1OCCN1CCOCC1. The smallest absolute Gasteiger partial charge is 0.416 e. The predicted molar refractivity (Wildman–Crippen MR) is 119 cm³/mol. The van der Waals surface area contributed by atoms with Crippen molar-refractivity contribution in [1.29, 1.82) is 0 Å². The number of anilines is 1. The number of nitrogens with zero attached hydrogens (tertiary/aromatic N) is 4. The topological polar surface area (TPSA) is 81.5 Å². The van der Waals surface area contributed by atoms with Gasteiger partial charge in [-0.2, -0.15) is 18.3 Å². The molecule has 0 spiro atoms. The first kappa shape index (κ1) is 23.7. The fourth-order valence-electron chi connectivity index (χ4n) is 3.57. The van der Waals surface area contributed by atoms with E-state index in [4.69, 9.17) is 9.47 Å². The number of aromatic nitrogens is 3. The molecule has 0 radical (unpaired) electrons. The highest BCUT2D eigenvalue weighted by Crippen LogP contribution is 2.31. The van der Waals surface area contributed by atoms with E-state index in [2.05, 4.69) is 20.3 Å². The van der Waals surface area contributed by atoms with E-state index < -0.39 is 17.6 Å². The maximum absolute atomic E-state index is 12.8. The molecule has 0 saturated carbocycles. The third kappa shape index (κ3) is 5.72. The van der Waals surface area contributed by atoms with Gasteiger partial charge in [0.05, 0.1) is 41.9 Å². The van der Waals surface area contributed by atoms with Gasteiger partial charge >= 0.3 is 6.18 Å². The number of morpholine rings is 1. The first-order valence-corrected chi connectivity index (χ1v) is 10.7. The Labute approximate surface area is 194 Å². The number of halogens is 3. The number of aryl methyl sites for hydroxylation is 1. The third-order valence-corrected chi connectivity index (χ3v) is 5.43. The molecule has 0 atom stereocenters. The van der Waals surface area contributed by atoms with Crippen molar-refractivity contribution in [3.05, 3.63) is 59.9 Å². The van der Waals surface area contributed by atoms with Crippen molar-refractivity contribution in [3.63, 3.8) is 0 Å². The van der Waals surface area contributed by atoms with Gasteiger partial charge in [-0.15, -0.1) is 0 Å². The summed E-state index contributed by atoms with van der Waals surface area (Å²) in [5.41, 5.74) is 1.03. The maximum atomic E-state index is 12.8. The van der Waals surface area contributed by atoms with E-state index in [-0.39, 0.29) is 5.56 Å². The molecule has 0 bridgehead atoms. The van der Waals surface area contributed by atoms with Gasteiger partial charge in [0.2, 0.25) is 5.88 Å². The van der Waals surface area contributed by atoms with Gasteiger partial charge in [-0.3, -0.25) is 14.4 Å². The molecule has 1 saturated heterocycles. The zero-order chi connectivity index (χ0) is 24.1. The fraction of sp³-hybridized carbons (Fsp3) is 0.348. The van der Waals surface area contributed by atoms with Crippen LogP contribution in [0.3, 0.4) is 0 Å². The van der Waals surface area contributed by atoms with Crippen molar-refractivity contribution in [3.8, 4) is 17.1 Å². The van der Waals surface area contributed by atoms with Crippen molar-refractivity contribution in [2.24, 2.45) is 7.05 Å². The lowest BCUT2D eigenvalue weighted by atomic mass is 10.1. The molecule has 1 aromatic carbocycles. The van der Waals surface area contributed by atoms with E-state index in [0.29, 0.717) is 37.0 Å². The Morgan fingerprint density at radius 3 is 2.56 bits per heavy atom. The van der Waals surface area contributed by atoms with E-state index >= 15 is 0 Å². The van der Waals surface area contributed by atoms with Crippen LogP contribution in [0.25, 0.3) is 11.3 Å². The molecule has 0 unspecified atom stereocenters. The number of ether oxygens (including phenoxy) is 2. The molecule has 2 aromatic heterocycles. The fourth-order valence-corrected chi connectivity index (χ4v) is 3.57. The number of rotatable bonds is 7. The number of pyridine rings is 1. The van der Waals surface area contributed by atoms with Crippen LogP contribution in [0.2, 0.25) is 0 Å². The summed E-state index contributed by atoms with van der Waals surface area (Å²) < 4.78 is 51.3. The molecule has 1 fully saturated rings. The summed E-state index contributed by atoms with van der Waals surface area (Å²) in [6, 6.07) is 7.52. The minimum atomic E-state index is -4.46. The van der Waals surface area contributed by atoms with Gasteiger partial charge in [-0.25, -0.2) is 4.98 Å². The Balaban J connectivity index is 1.49. The molecule has 180 valence electrons. The highest BCUT2D eigenvalue weighted by Gasteiger charge is 2.30. The maximum Gasteiger partial charge on any atom is 0.416 e. The van der Waals surface area contributed by atoms with E-state index in [1.807, 2.05) is 0 Å². The summed E-state index contributed by atoms with van der Waals surface area (Å²) in [4.78, 5) is 19.2. The van der Waals surface area contributed by atoms with Crippen LogP contribution in [0.5, 0.6) is 5.88 Å². The van der Waals surface area contributed by atoms with Gasteiger partial charge < -0.3 is 14.8 Å². The van der Waals surface area contributed by atoms with Gasteiger partial charge in [0.1, 0.15) is 6.61 Å². The standard InChI is InChI=1S/C23H24F3N5O3/c1-30-20(6-7-28-30)19-14-18(15-27-22(19)34-13-10-31-8-11-33-12-9-31)29-21(32)16-2-4-17(5-3-16)23(24,25)26/h2-7,14-15H,8-13H2,1H3,(H,29,32). The van der Waals surface area contributed by atoms with Gasteiger partial charge in [-0.05, 0) is 36.4 Å². The number of carbonyl (C=O) groups excluding carboxylic acids is 1. The lowest BCUT2D eigenvalue weighted by Crippen LogP contribution is -2.38. The van der Waals surface area contributed by atoms with Crippen LogP contribution in [0.15, 0.2) is 48.8 Å². The number of carbonyl (C=O) groups is 1. The van der Waals surface area contributed by atoms with Gasteiger partial charge in [0.15, 0.2) is 0 Å². The number of nitrogens with one attached hydrogen (secondary N) is 1. The van der Waals surface area contributed by atoms with E-state index in [0.717, 1.165) is 49.6 Å². The number of hydrogen-bond donors (Lipinski definition) is 1. The Bertz CT molecular complexity index is 1130. The highest BCUT2D eigenvalue weighted by atomic mass is 19.4. The van der Waals surface area contributed by atoms with Gasteiger partial charge in [0.25, 0.3) is 5.91 Å². The van der Waals surface area contributed by atoms with Crippen molar-refractivity contribution in [1.82, 2.24) is 19.7 Å². The number of alkyl halides is 3. The number of hydrogen-bond acceptors (Lipinski definition) is 6. The molecular weight excluding hydrogens is 451 g/mol. The van der Waals surface area contributed by atoms with E-state index in [1.165, 1.54) is 6.20 Å². The van der Waals surface area contributed by atoms with Crippen molar-refractivity contribution in [2.45, 2.75) is 6.18 Å². The first-order chi connectivity index (χ1) is 16.3. The summed E-state index contributed by atoms with van der Waals surface area (Å²) in [5, 5.41) is 6.87. The molecule has 34 heavy (non-hydrogen) atoms. The minimum absolute atomic E-state index is 0.0981. The van der Waals surface area contributed by atoms with Crippen LogP contribution >= 0.6 is 0 Å². The average molecular weight is 475 g/mol. The summed E-state index contributed by atoms with van der Waals surface area (Å²) in [6.07, 6.45) is -1.37. The monoisotopic (exact) mass is 475 g/mol. The summed E-state index contributed by atoms with van der Waals surface area (Å²) in [7, 11) is 1.78. The normalized spacial score (nSPS) is 14.7. The molecular formula is C23H24F3N5O3. The van der Waals surface area contributed by atoms with Crippen LogP contribution in [0, 0.1) is 0 Å². The zero-order valence-corrected chi connectivity index (χ0v) is 18.5. The Kier molecular flexibility index (Phi) is 7.13. The molecule has 3 heterocycles. The molecule has 4 rings (SSSR count). The van der Waals surface area contributed by atoms with Gasteiger partial charge in [-0.1, -0.05) is 0 Å². The lowest BCUT2D eigenvalue weighted by Gasteiger charge is -2.26. The lowest BCUT2D eigenvalue weighted by molar-refractivity contribution is -0.137. The molecule has 0 aliphatic carbocycles. The van der Waals surface area contributed by atoms with E-state index in [1.54, 1.807) is 30.1 Å². The van der Waals surface area contributed by atoms with Crippen molar-refractivity contribution in [2.75, 3.05) is 44.8 Å². The summed E-state index contributed by atoms with van der Waals surface area (Å²) in [6.45, 7) is 4.25. The molecule has 1 N–H and O–H groups in total. The number of benzene rings is 1. The molecule has 8 nitrogen and oxygen atoms in total. The van der Waals surface area contributed by atoms with Crippen molar-refractivity contribution < 1.29 is 27.4 Å². The van der Waals surface area contributed by atoms with Crippen LogP contribution in [-0.2, 0) is 18.0 Å². The second-order valence-corrected chi connectivity index (χ2v) is 7.75. The van der Waals surface area contributed by atoms with Crippen LogP contribution in [0.1, 0.15) is 15.9 Å². The Morgan fingerprint density at radius 1 is 1.18 bits per heavy atom. The molecule has 1 amide bonds. The predicted octanol–water partition coefficient (Wildman–Crippen LogP) is 3.46. The number of amides is 1. The van der Waals surface area contributed by atoms with Crippen LogP contribution in [0.4, 0.5) is 18.9 Å². The molecule has 1 aliphatic heterocycles. The second-order valence-electron chi connectivity index (χ2n) is 7.75. The van der Waals surface area contributed by atoms with E-state index in [9.17, 15) is 18.0 Å². The second kappa shape index (κ2) is 10.2. The van der Waals surface area contributed by atoms with Gasteiger partial charge in [0, 0.05) is 38.4 Å². The Hall–Kier alpha value is -3.44. The van der Waals surface area contributed by atoms with Crippen LogP contribution in [-0.4, -0.2) is 65.0 Å². The average Bonchev–Trinajstić information content (AvgIpc) is 3.25. The molecule has 11 heteroatoms. The Morgan fingerprint density at radius 2 is 1.91 bits per heavy atom. The van der Waals surface area contributed by atoms with Crippen LogP contribution < -0.4 is 10.1 Å². The zero-order valence-electron chi connectivity index (χ0n) is 18.5. The van der Waals surface area contributed by atoms with Crippen molar-refractivity contribution >= 4 is 11.6 Å². The molecule has 1 aliphatic rings. The summed E-state index contributed by atoms with van der Waals surface area (Å²) in [5.74, 6) is -0.156. The third-order valence-electron chi connectivity index (χ3n) is 5.43. The quantitative estimate of drug-likeness (QED) is 0.564. The minimum Gasteiger partial charge on any atom is -0.476 e.